The van der Waals surface area contributed by atoms with Gasteiger partial charge in [-0.05, 0) is 52.2 Å². The van der Waals surface area contributed by atoms with Crippen LogP contribution in [0.25, 0.3) is 5.00 Å². The van der Waals surface area contributed by atoms with Crippen LogP contribution in [0.2, 0.25) is 0 Å². The van der Waals surface area contributed by atoms with Crippen molar-refractivity contribution in [1.82, 2.24) is 19.8 Å². The average molecular weight is 318 g/mol. The summed E-state index contributed by atoms with van der Waals surface area (Å²) >= 11 is 1.43. The maximum atomic E-state index is 12.1. The van der Waals surface area contributed by atoms with Crippen molar-refractivity contribution in [3.8, 4) is 16.5 Å². The zero-order valence-electron chi connectivity index (χ0n) is 11.9. The lowest BCUT2D eigenvalue weighted by molar-refractivity contribution is 0.287. The van der Waals surface area contributed by atoms with E-state index in [0.29, 0.717) is 18.9 Å². The third-order valence-corrected chi connectivity index (χ3v) is 3.83. The van der Waals surface area contributed by atoms with E-state index in [9.17, 15) is 4.79 Å². The molecule has 0 N–H and O–H groups in total. The molecule has 2 aromatic heterocycles. The van der Waals surface area contributed by atoms with Gasteiger partial charge in [-0.3, -0.25) is 0 Å². The van der Waals surface area contributed by atoms with E-state index in [-0.39, 0.29) is 5.69 Å². The van der Waals surface area contributed by atoms with E-state index < -0.39 is 0 Å². The van der Waals surface area contributed by atoms with Crippen LogP contribution in [-0.2, 0) is 6.54 Å². The number of ether oxygens (including phenoxy) is 2. The number of thiophene rings is 1. The van der Waals surface area contributed by atoms with E-state index in [1.165, 1.54) is 20.7 Å². The van der Waals surface area contributed by atoms with Gasteiger partial charge in [0.1, 0.15) is 23.1 Å². The summed E-state index contributed by atoms with van der Waals surface area (Å²) in [5.41, 5.74) is -0.277. The lowest BCUT2D eigenvalue weighted by Crippen LogP contribution is -2.26. The number of aromatic nitrogens is 4. The van der Waals surface area contributed by atoms with E-state index in [1.54, 1.807) is 7.11 Å². The summed E-state index contributed by atoms with van der Waals surface area (Å²) in [5.74, 6) is 1.47. The van der Waals surface area contributed by atoms with Crippen LogP contribution in [0.15, 0.2) is 46.6 Å². The Morgan fingerprint density at radius 1 is 1.14 bits per heavy atom. The standard InChI is InChI=1S/C14H14N4O3S/c1-20-11-4-6-12(7-5-11)21-9-8-17-14(19)18(16-15-17)13-3-2-10-22-13/h2-7,10H,8-9H2,1H3. The van der Waals surface area contributed by atoms with Crippen molar-refractivity contribution in [3.05, 3.63) is 52.3 Å². The summed E-state index contributed by atoms with van der Waals surface area (Å²) in [6, 6.07) is 10.9. The normalized spacial score (nSPS) is 10.6. The van der Waals surface area contributed by atoms with E-state index in [2.05, 4.69) is 10.4 Å². The van der Waals surface area contributed by atoms with Gasteiger partial charge in [-0.15, -0.1) is 11.3 Å². The van der Waals surface area contributed by atoms with Crippen LogP contribution in [-0.4, -0.2) is 33.5 Å². The summed E-state index contributed by atoms with van der Waals surface area (Å²) in [7, 11) is 1.61. The number of tetrazole rings is 1. The van der Waals surface area contributed by atoms with Crippen molar-refractivity contribution in [2.75, 3.05) is 13.7 Å². The molecule has 0 atom stereocenters. The molecule has 1 aromatic carbocycles. The van der Waals surface area contributed by atoms with Crippen LogP contribution >= 0.6 is 11.3 Å². The van der Waals surface area contributed by atoms with Crippen LogP contribution in [0, 0.1) is 0 Å². The number of hydrogen-bond donors (Lipinski definition) is 0. The Bertz CT molecular complexity index is 777. The van der Waals surface area contributed by atoms with Gasteiger partial charge in [0.15, 0.2) is 0 Å². The van der Waals surface area contributed by atoms with E-state index in [4.69, 9.17) is 9.47 Å². The van der Waals surface area contributed by atoms with E-state index in [1.807, 2.05) is 41.8 Å². The van der Waals surface area contributed by atoms with Crippen molar-refractivity contribution in [2.24, 2.45) is 0 Å². The molecule has 0 amide bonds. The molecule has 0 spiro atoms. The predicted octanol–water partition coefficient (Wildman–Crippen LogP) is 1.58. The number of hydrogen-bond acceptors (Lipinski definition) is 6. The van der Waals surface area contributed by atoms with Crippen molar-refractivity contribution < 1.29 is 9.47 Å². The molecular formula is C14H14N4O3S. The molecule has 0 saturated carbocycles. The van der Waals surface area contributed by atoms with Crippen molar-refractivity contribution in [1.29, 1.82) is 0 Å². The Labute approximate surface area is 130 Å². The molecule has 2 heterocycles. The number of methoxy groups -OCH3 is 1. The van der Waals surface area contributed by atoms with Crippen LogP contribution < -0.4 is 15.2 Å². The van der Waals surface area contributed by atoms with Gasteiger partial charge in [-0.2, -0.15) is 9.36 Å². The van der Waals surface area contributed by atoms with Gasteiger partial charge in [0.05, 0.1) is 13.7 Å². The minimum Gasteiger partial charge on any atom is -0.497 e. The fraction of sp³-hybridized carbons (Fsp3) is 0.214. The van der Waals surface area contributed by atoms with Crippen molar-refractivity contribution >= 4 is 11.3 Å². The molecule has 3 rings (SSSR count). The van der Waals surface area contributed by atoms with Gasteiger partial charge in [0, 0.05) is 0 Å². The fourth-order valence-electron chi connectivity index (χ4n) is 1.87. The summed E-state index contributed by atoms with van der Waals surface area (Å²) in [4.78, 5) is 12.1. The largest absolute Gasteiger partial charge is 0.497 e. The molecule has 22 heavy (non-hydrogen) atoms. The van der Waals surface area contributed by atoms with E-state index in [0.717, 1.165) is 10.8 Å². The zero-order valence-corrected chi connectivity index (χ0v) is 12.7. The second-order valence-corrected chi connectivity index (χ2v) is 5.30. The Balaban J connectivity index is 1.61. The van der Waals surface area contributed by atoms with Gasteiger partial charge in [-0.25, -0.2) is 4.79 Å². The van der Waals surface area contributed by atoms with Gasteiger partial charge in [-0.1, -0.05) is 0 Å². The molecule has 0 unspecified atom stereocenters. The highest BCUT2D eigenvalue weighted by Crippen LogP contribution is 2.16. The minimum atomic E-state index is -0.277. The lowest BCUT2D eigenvalue weighted by atomic mass is 10.3. The SMILES string of the molecule is COc1ccc(OCCn2nnn(-c3cccs3)c2=O)cc1. The first kappa shape index (κ1) is 14.3. The summed E-state index contributed by atoms with van der Waals surface area (Å²) in [6.07, 6.45) is 0. The molecule has 0 bridgehead atoms. The fourth-order valence-corrected chi connectivity index (χ4v) is 2.53. The van der Waals surface area contributed by atoms with Crippen LogP contribution in [0.1, 0.15) is 0 Å². The minimum absolute atomic E-state index is 0.277. The molecule has 0 radical (unpaired) electrons. The van der Waals surface area contributed by atoms with Crippen molar-refractivity contribution in [3.63, 3.8) is 0 Å². The maximum Gasteiger partial charge on any atom is 0.369 e. The predicted molar refractivity (Wildman–Crippen MR) is 82.0 cm³/mol. The highest BCUT2D eigenvalue weighted by molar-refractivity contribution is 7.12. The first-order valence-electron chi connectivity index (χ1n) is 6.61. The molecule has 0 aliphatic rings. The smallest absolute Gasteiger partial charge is 0.369 e. The van der Waals surface area contributed by atoms with Crippen LogP contribution in [0.4, 0.5) is 0 Å². The molecule has 0 aliphatic heterocycles. The highest BCUT2D eigenvalue weighted by Gasteiger charge is 2.09. The van der Waals surface area contributed by atoms with Gasteiger partial charge >= 0.3 is 5.69 Å². The van der Waals surface area contributed by atoms with Crippen molar-refractivity contribution in [2.45, 2.75) is 6.54 Å². The topological polar surface area (TPSA) is 71.2 Å². The third-order valence-electron chi connectivity index (χ3n) is 2.99. The third kappa shape index (κ3) is 3.01. The molecular weight excluding hydrogens is 304 g/mol. The Morgan fingerprint density at radius 2 is 1.91 bits per heavy atom. The van der Waals surface area contributed by atoms with Crippen LogP contribution in [0.5, 0.6) is 11.5 Å². The first-order valence-corrected chi connectivity index (χ1v) is 7.49. The van der Waals surface area contributed by atoms with Gasteiger partial charge < -0.3 is 9.47 Å². The summed E-state index contributed by atoms with van der Waals surface area (Å²) < 4.78 is 13.2. The molecule has 8 heteroatoms. The second kappa shape index (κ2) is 6.44. The number of rotatable bonds is 6. The Kier molecular flexibility index (Phi) is 4.19. The number of nitrogens with zero attached hydrogens (tertiary/aromatic N) is 4. The zero-order chi connectivity index (χ0) is 15.4. The molecule has 3 aromatic rings. The first-order chi connectivity index (χ1) is 10.8. The maximum absolute atomic E-state index is 12.1. The molecule has 0 aliphatic carbocycles. The summed E-state index contributed by atoms with van der Waals surface area (Å²) in [6.45, 7) is 0.658. The molecule has 0 fully saturated rings. The quantitative estimate of drug-likeness (QED) is 0.690. The van der Waals surface area contributed by atoms with Gasteiger partial charge in [0.2, 0.25) is 0 Å². The lowest BCUT2D eigenvalue weighted by Gasteiger charge is -2.06. The second-order valence-electron chi connectivity index (χ2n) is 4.37. The monoisotopic (exact) mass is 318 g/mol. The molecule has 114 valence electrons. The van der Waals surface area contributed by atoms with E-state index >= 15 is 0 Å². The highest BCUT2D eigenvalue weighted by atomic mass is 32.1. The van der Waals surface area contributed by atoms with Gasteiger partial charge in [0.25, 0.3) is 0 Å². The molecule has 7 nitrogen and oxygen atoms in total. The number of benzene rings is 1. The summed E-state index contributed by atoms with van der Waals surface area (Å²) in [5, 5.41) is 10.3. The average Bonchev–Trinajstić information content (AvgIpc) is 3.18. The van der Waals surface area contributed by atoms with Crippen LogP contribution in [0.3, 0.4) is 0 Å². The Morgan fingerprint density at radius 3 is 2.59 bits per heavy atom. The molecule has 0 saturated heterocycles. The Hall–Kier alpha value is -2.61.